The Labute approximate surface area is 174 Å². The average molecular weight is 498 g/mol. The first-order valence-electron chi connectivity index (χ1n) is 8.73. The maximum absolute atomic E-state index is 10.3. The zero-order valence-electron chi connectivity index (χ0n) is 14.8. The third-order valence-corrected chi connectivity index (χ3v) is 6.04. The molecule has 0 spiro atoms. The zero-order valence-corrected chi connectivity index (χ0v) is 17.0. The minimum atomic E-state index is -1.21. The topological polar surface area (TPSA) is 162 Å². The Morgan fingerprint density at radius 3 is 2.79 bits per heavy atom. The first-order chi connectivity index (χ1) is 13.3. The molecular weight excluding hydrogens is 477 g/mol. The standard InChI is InChI=1S/C17H21IN6O4/c18-9-3-8(1-2-10(9)19)4-17(20)14-15(21-6-23-17)24(7-22-14)16-13(27)12(26)11(5-25)28-16/h1-3,6,11-13,16,25-27H,4-5,7,19-20H2/t11-,12-,13-,16-,17?/m1/s1/i18-2. The molecule has 11 heteroatoms. The van der Waals surface area contributed by atoms with Crippen molar-refractivity contribution in [3.8, 4) is 0 Å². The normalized spacial score (nSPS) is 34.4. The Balaban J connectivity index is 1.57. The van der Waals surface area contributed by atoms with Gasteiger partial charge >= 0.3 is 0 Å². The molecule has 4 rings (SSSR count). The number of nitrogen functional groups attached to an aromatic ring is 1. The van der Waals surface area contributed by atoms with Gasteiger partial charge in [-0.15, -0.1) is 0 Å². The van der Waals surface area contributed by atoms with Crippen molar-refractivity contribution in [2.75, 3.05) is 19.0 Å². The van der Waals surface area contributed by atoms with Crippen LogP contribution < -0.4 is 11.5 Å². The quantitative estimate of drug-likeness (QED) is 0.254. The summed E-state index contributed by atoms with van der Waals surface area (Å²) in [6, 6.07) is 5.67. The molecule has 3 aliphatic heterocycles. The van der Waals surface area contributed by atoms with Crippen molar-refractivity contribution in [1.29, 1.82) is 0 Å². The smallest absolute Gasteiger partial charge is 0.162 e. The van der Waals surface area contributed by atoms with Crippen LogP contribution in [0.25, 0.3) is 0 Å². The summed E-state index contributed by atoms with van der Waals surface area (Å²) in [5.41, 5.74) is 13.5. The van der Waals surface area contributed by atoms with Gasteiger partial charge in [-0.25, -0.2) is 9.98 Å². The van der Waals surface area contributed by atoms with Crippen LogP contribution in [0.4, 0.5) is 5.69 Å². The van der Waals surface area contributed by atoms with Crippen LogP contribution in [-0.4, -0.2) is 81.6 Å². The van der Waals surface area contributed by atoms with Crippen molar-refractivity contribution in [2.45, 2.75) is 36.6 Å². The van der Waals surface area contributed by atoms with E-state index in [-0.39, 0.29) is 6.67 Å². The van der Waals surface area contributed by atoms with Crippen molar-refractivity contribution in [3.05, 3.63) is 27.3 Å². The number of benzene rings is 1. The summed E-state index contributed by atoms with van der Waals surface area (Å²) in [5, 5.41) is 29.7. The number of amidine groups is 1. The van der Waals surface area contributed by atoms with E-state index >= 15 is 0 Å². The number of nitrogens with zero attached hydrogens (tertiary/aromatic N) is 4. The Morgan fingerprint density at radius 1 is 1.32 bits per heavy atom. The molecule has 10 nitrogen and oxygen atoms in total. The van der Waals surface area contributed by atoms with Crippen molar-refractivity contribution in [2.24, 2.45) is 20.7 Å². The molecule has 1 unspecified atom stereocenters. The maximum Gasteiger partial charge on any atom is 0.162 e. The average Bonchev–Trinajstić information content (AvgIpc) is 3.21. The Hall–Kier alpha value is -1.64. The first kappa shape index (κ1) is 19.7. The molecule has 1 aromatic carbocycles. The summed E-state index contributed by atoms with van der Waals surface area (Å²) >= 11 is 2.16. The number of hydrogen-bond donors (Lipinski definition) is 5. The molecule has 0 bridgehead atoms. The van der Waals surface area contributed by atoms with Crippen LogP contribution in [0.2, 0.25) is 0 Å². The lowest BCUT2D eigenvalue weighted by Crippen LogP contribution is -2.56. The second kappa shape index (κ2) is 7.31. The minimum Gasteiger partial charge on any atom is -0.398 e. The number of nitrogens with two attached hydrogens (primary N) is 2. The lowest BCUT2D eigenvalue weighted by molar-refractivity contribution is -0.0688. The number of aliphatic hydroxyl groups excluding tert-OH is 3. The van der Waals surface area contributed by atoms with Gasteiger partial charge in [0.1, 0.15) is 37.0 Å². The third-order valence-electron chi connectivity index (χ3n) is 5.11. The molecule has 7 N–H and O–H groups in total. The SMILES string of the molecule is Nc1ccc(CC2(N)N=CN=C3C2=NCN3[C@@H]2O[C@H](CO)[C@@H](O)[C@H]2O)cc1[125I]. The predicted molar refractivity (Wildman–Crippen MR) is 112 cm³/mol. The van der Waals surface area contributed by atoms with Crippen LogP contribution in [0.1, 0.15) is 5.56 Å². The number of ether oxygens (including phenoxy) is 1. The molecule has 0 radical (unpaired) electrons. The predicted octanol–water partition coefficient (Wildman–Crippen LogP) is -1.34. The van der Waals surface area contributed by atoms with Gasteiger partial charge in [-0.2, -0.15) is 0 Å². The van der Waals surface area contributed by atoms with Gasteiger partial charge in [0.05, 0.1) is 6.61 Å². The Morgan fingerprint density at radius 2 is 2.11 bits per heavy atom. The number of hydrogen-bond acceptors (Lipinski definition) is 10. The summed E-state index contributed by atoms with van der Waals surface area (Å²) in [6.07, 6.45) is -2.41. The van der Waals surface area contributed by atoms with Crippen molar-refractivity contribution < 1.29 is 20.1 Å². The summed E-state index contributed by atoms with van der Waals surface area (Å²) in [4.78, 5) is 14.8. The fraction of sp³-hybridized carbons (Fsp3) is 0.471. The maximum atomic E-state index is 10.3. The second-order valence-corrected chi connectivity index (χ2v) is 8.16. The largest absolute Gasteiger partial charge is 0.398 e. The summed E-state index contributed by atoms with van der Waals surface area (Å²) in [6.45, 7) is -0.247. The molecule has 0 aromatic heterocycles. The number of aliphatic imine (C=N–C) groups is 3. The highest BCUT2D eigenvalue weighted by molar-refractivity contribution is 14.1. The highest BCUT2D eigenvalue weighted by Gasteiger charge is 2.50. The molecular formula is C17H21IN6O4. The summed E-state index contributed by atoms with van der Waals surface area (Å²) < 4.78 is 6.53. The molecule has 150 valence electrons. The van der Waals surface area contributed by atoms with Gasteiger partial charge in [-0.05, 0) is 40.3 Å². The van der Waals surface area contributed by atoms with E-state index in [1.807, 2.05) is 18.2 Å². The molecule has 0 saturated carbocycles. The van der Waals surface area contributed by atoms with Gasteiger partial charge in [0, 0.05) is 15.7 Å². The van der Waals surface area contributed by atoms with E-state index in [1.165, 1.54) is 6.34 Å². The Kier molecular flexibility index (Phi) is 5.14. The van der Waals surface area contributed by atoms with Gasteiger partial charge in [-0.3, -0.25) is 4.99 Å². The van der Waals surface area contributed by atoms with E-state index in [0.717, 1.165) is 9.13 Å². The van der Waals surface area contributed by atoms with Crippen LogP contribution in [-0.2, 0) is 11.2 Å². The van der Waals surface area contributed by atoms with Crippen LogP contribution in [0.5, 0.6) is 0 Å². The highest BCUT2D eigenvalue weighted by atomic mass is 125. The number of rotatable bonds is 4. The van der Waals surface area contributed by atoms with Crippen LogP contribution in [0.3, 0.4) is 0 Å². The Bertz CT molecular complexity index is 877. The molecule has 5 atom stereocenters. The zero-order chi connectivity index (χ0) is 20.1. The van der Waals surface area contributed by atoms with Gasteiger partial charge in [-0.1, -0.05) is 6.07 Å². The molecule has 28 heavy (non-hydrogen) atoms. The summed E-state index contributed by atoms with van der Waals surface area (Å²) in [5.74, 6) is 0.442. The molecule has 1 fully saturated rings. The van der Waals surface area contributed by atoms with E-state index < -0.39 is 36.8 Å². The fourth-order valence-electron chi connectivity index (χ4n) is 3.59. The van der Waals surface area contributed by atoms with E-state index in [9.17, 15) is 15.3 Å². The van der Waals surface area contributed by atoms with E-state index in [1.54, 1.807) is 4.90 Å². The molecule has 0 amide bonds. The fourth-order valence-corrected chi connectivity index (χ4v) is 4.17. The van der Waals surface area contributed by atoms with Crippen molar-refractivity contribution in [1.82, 2.24) is 4.90 Å². The highest BCUT2D eigenvalue weighted by Crippen LogP contribution is 2.30. The lowest BCUT2D eigenvalue weighted by Gasteiger charge is -2.32. The molecule has 1 aromatic rings. The number of fused-ring (bicyclic) bond motifs is 1. The van der Waals surface area contributed by atoms with Gasteiger partial charge in [0.2, 0.25) is 0 Å². The summed E-state index contributed by atoms with van der Waals surface area (Å²) in [7, 11) is 0. The molecule has 3 aliphatic rings. The number of halogens is 1. The van der Waals surface area contributed by atoms with Gasteiger partial charge in [0.25, 0.3) is 0 Å². The lowest BCUT2D eigenvalue weighted by atomic mass is 9.94. The second-order valence-electron chi connectivity index (χ2n) is 7.00. The van der Waals surface area contributed by atoms with Crippen LogP contribution in [0, 0.1) is 3.57 Å². The number of aliphatic hydroxyl groups is 3. The van der Waals surface area contributed by atoms with Crippen molar-refractivity contribution in [3.63, 3.8) is 0 Å². The minimum absolute atomic E-state index is 0.155. The van der Waals surface area contributed by atoms with Gasteiger partial charge < -0.3 is 36.4 Å². The van der Waals surface area contributed by atoms with E-state index in [0.29, 0.717) is 23.7 Å². The molecule has 1 saturated heterocycles. The monoisotopic (exact) mass is 498 g/mol. The third kappa shape index (κ3) is 3.21. The van der Waals surface area contributed by atoms with E-state index in [2.05, 4.69) is 37.6 Å². The molecule has 0 aliphatic carbocycles. The van der Waals surface area contributed by atoms with Gasteiger partial charge in [0.15, 0.2) is 17.7 Å². The van der Waals surface area contributed by atoms with Crippen LogP contribution >= 0.6 is 22.6 Å². The van der Waals surface area contributed by atoms with Crippen molar-refractivity contribution >= 4 is 46.2 Å². The van der Waals surface area contributed by atoms with Crippen LogP contribution in [0.15, 0.2) is 33.2 Å². The molecule has 3 heterocycles. The first-order valence-corrected chi connectivity index (χ1v) is 9.80. The van der Waals surface area contributed by atoms with E-state index in [4.69, 9.17) is 16.2 Å². The number of anilines is 1.